The lowest BCUT2D eigenvalue weighted by Crippen LogP contribution is -2.45. The molecule has 0 saturated carbocycles. The van der Waals surface area contributed by atoms with Crippen molar-refractivity contribution in [1.82, 2.24) is 0 Å². The Morgan fingerprint density at radius 2 is 2.12 bits per heavy atom. The second-order valence-electron chi connectivity index (χ2n) is 6.14. The van der Waals surface area contributed by atoms with Gasteiger partial charge in [-0.2, -0.15) is 0 Å². The van der Waals surface area contributed by atoms with E-state index in [-0.39, 0.29) is 23.0 Å². The Kier molecular flexibility index (Phi) is 4.20. The minimum Gasteiger partial charge on any atom is -0.465 e. The van der Waals surface area contributed by atoms with Gasteiger partial charge in [-0.05, 0) is 24.6 Å². The van der Waals surface area contributed by atoms with Crippen LogP contribution in [-0.2, 0) is 14.0 Å². The van der Waals surface area contributed by atoms with E-state index in [2.05, 4.69) is 40.4 Å². The quantitative estimate of drug-likeness (QED) is 0.440. The molecule has 0 aromatic heterocycles. The Labute approximate surface area is 105 Å². The zero-order valence-electron chi connectivity index (χ0n) is 11.6. The Hall–Kier alpha value is -0.613. The molecule has 1 rings (SSSR count). The highest BCUT2D eigenvalue weighted by atomic mass is 28.4. The lowest BCUT2D eigenvalue weighted by Gasteiger charge is -2.39. The molecular weight excluding hydrogens is 232 g/mol. The molecule has 1 aliphatic heterocycles. The monoisotopic (exact) mass is 256 g/mol. The maximum Gasteiger partial charge on any atom is 0.311 e. The van der Waals surface area contributed by atoms with Crippen LogP contribution in [0.15, 0.2) is 12.7 Å². The molecule has 3 nitrogen and oxygen atoms in total. The summed E-state index contributed by atoms with van der Waals surface area (Å²) in [6.07, 6.45) is 2.29. The molecule has 4 heteroatoms. The molecular formula is C13H24O3Si. The van der Waals surface area contributed by atoms with Crippen molar-refractivity contribution in [2.24, 2.45) is 5.92 Å². The molecule has 0 spiro atoms. The molecule has 1 heterocycles. The summed E-state index contributed by atoms with van der Waals surface area (Å²) in [5, 5.41) is 0.136. The molecule has 1 aliphatic rings. The van der Waals surface area contributed by atoms with Crippen molar-refractivity contribution >= 4 is 14.3 Å². The van der Waals surface area contributed by atoms with Crippen molar-refractivity contribution < 1.29 is 14.0 Å². The largest absolute Gasteiger partial charge is 0.465 e. The molecule has 0 radical (unpaired) electrons. The van der Waals surface area contributed by atoms with E-state index in [9.17, 15) is 4.79 Å². The van der Waals surface area contributed by atoms with Crippen molar-refractivity contribution in [3.63, 3.8) is 0 Å². The lowest BCUT2D eigenvalue weighted by atomic mass is 10.0. The lowest BCUT2D eigenvalue weighted by molar-refractivity contribution is -0.142. The van der Waals surface area contributed by atoms with Gasteiger partial charge >= 0.3 is 5.97 Å². The minimum atomic E-state index is -1.87. The number of carbonyl (C=O) groups is 1. The first-order valence-corrected chi connectivity index (χ1v) is 9.07. The first-order valence-electron chi connectivity index (χ1n) is 6.16. The third kappa shape index (κ3) is 3.19. The number of rotatable bonds is 4. The fraction of sp³-hybridized carbons (Fsp3) is 0.769. The summed E-state index contributed by atoms with van der Waals surface area (Å²) in [5.41, 5.74) is 0. The average molecular weight is 256 g/mol. The molecule has 1 fully saturated rings. The molecule has 0 aromatic carbocycles. The van der Waals surface area contributed by atoms with E-state index in [0.717, 1.165) is 6.42 Å². The van der Waals surface area contributed by atoms with Crippen LogP contribution in [0.1, 0.15) is 27.2 Å². The van der Waals surface area contributed by atoms with Crippen LogP contribution in [0.25, 0.3) is 0 Å². The van der Waals surface area contributed by atoms with E-state index in [0.29, 0.717) is 6.61 Å². The molecule has 0 aliphatic carbocycles. The highest BCUT2D eigenvalue weighted by Crippen LogP contribution is 2.39. The van der Waals surface area contributed by atoms with Crippen LogP contribution in [0.4, 0.5) is 0 Å². The van der Waals surface area contributed by atoms with Crippen LogP contribution in [0.5, 0.6) is 0 Å². The zero-order chi connectivity index (χ0) is 13.3. The topological polar surface area (TPSA) is 35.5 Å². The number of hydrogen-bond acceptors (Lipinski definition) is 3. The zero-order valence-corrected chi connectivity index (χ0v) is 12.6. The second kappa shape index (κ2) is 4.94. The Morgan fingerprint density at radius 3 is 2.47 bits per heavy atom. The SMILES string of the molecule is C=C[C@H](O[Si](C)(C)C(C)(C)C)[C@H]1CCOC1=O. The van der Waals surface area contributed by atoms with Gasteiger partial charge in [0.2, 0.25) is 0 Å². The number of hydrogen-bond donors (Lipinski definition) is 0. The van der Waals surface area contributed by atoms with E-state index < -0.39 is 8.32 Å². The molecule has 0 bridgehead atoms. The van der Waals surface area contributed by atoms with Gasteiger partial charge in [-0.15, -0.1) is 6.58 Å². The van der Waals surface area contributed by atoms with Gasteiger partial charge in [0.1, 0.15) is 0 Å². The van der Waals surface area contributed by atoms with Crippen LogP contribution in [0.3, 0.4) is 0 Å². The van der Waals surface area contributed by atoms with Gasteiger partial charge in [0.15, 0.2) is 8.32 Å². The number of ether oxygens (including phenoxy) is 1. The smallest absolute Gasteiger partial charge is 0.311 e. The van der Waals surface area contributed by atoms with Crippen molar-refractivity contribution in [3.05, 3.63) is 12.7 Å². The van der Waals surface area contributed by atoms with Crippen molar-refractivity contribution in [1.29, 1.82) is 0 Å². The summed E-state index contributed by atoms with van der Waals surface area (Å²) in [7, 11) is -1.87. The van der Waals surface area contributed by atoms with Gasteiger partial charge in [-0.25, -0.2) is 0 Å². The Balaban J connectivity index is 2.77. The predicted molar refractivity (Wildman–Crippen MR) is 71.3 cm³/mol. The third-order valence-corrected chi connectivity index (χ3v) is 8.32. The normalized spacial score (nSPS) is 23.4. The summed E-state index contributed by atoms with van der Waals surface area (Å²) in [6, 6.07) is 0. The standard InChI is InChI=1S/C13H24O3Si/c1-7-11(10-8-9-15-12(10)14)16-17(5,6)13(2,3)4/h7,10-11H,1,8-9H2,2-6H3/t10-,11+/m1/s1. The van der Waals surface area contributed by atoms with Gasteiger partial charge in [0, 0.05) is 0 Å². The second-order valence-corrected chi connectivity index (χ2v) is 10.9. The van der Waals surface area contributed by atoms with Gasteiger partial charge in [-0.1, -0.05) is 26.8 Å². The van der Waals surface area contributed by atoms with Crippen molar-refractivity contribution in [2.45, 2.75) is 51.4 Å². The maximum atomic E-state index is 11.6. The van der Waals surface area contributed by atoms with Crippen LogP contribution in [0.2, 0.25) is 18.1 Å². The predicted octanol–water partition coefficient (Wildman–Crippen LogP) is 3.13. The first-order chi connectivity index (χ1) is 7.69. The fourth-order valence-electron chi connectivity index (χ4n) is 1.62. The summed E-state index contributed by atoms with van der Waals surface area (Å²) < 4.78 is 11.2. The summed E-state index contributed by atoms with van der Waals surface area (Å²) in [6.45, 7) is 15.2. The minimum absolute atomic E-state index is 0.136. The van der Waals surface area contributed by atoms with Gasteiger partial charge in [0.05, 0.1) is 18.6 Å². The molecule has 0 unspecified atom stereocenters. The van der Waals surface area contributed by atoms with Gasteiger partial charge in [0.25, 0.3) is 0 Å². The highest BCUT2D eigenvalue weighted by molar-refractivity contribution is 6.74. The molecule has 1 saturated heterocycles. The highest BCUT2D eigenvalue weighted by Gasteiger charge is 2.42. The van der Waals surface area contributed by atoms with Gasteiger partial charge in [-0.3, -0.25) is 4.79 Å². The number of cyclic esters (lactones) is 1. The van der Waals surface area contributed by atoms with E-state index in [1.807, 2.05) is 0 Å². The molecule has 0 N–H and O–H groups in total. The Bertz CT molecular complexity index is 304. The molecule has 17 heavy (non-hydrogen) atoms. The summed E-state index contributed by atoms with van der Waals surface area (Å²) in [4.78, 5) is 11.6. The molecule has 0 aromatic rings. The van der Waals surface area contributed by atoms with E-state index in [1.54, 1.807) is 6.08 Å². The molecule has 2 atom stereocenters. The number of esters is 1. The van der Waals surface area contributed by atoms with Gasteiger partial charge < -0.3 is 9.16 Å². The number of carbonyl (C=O) groups excluding carboxylic acids is 1. The van der Waals surface area contributed by atoms with E-state index in [4.69, 9.17) is 9.16 Å². The summed E-state index contributed by atoms with van der Waals surface area (Å²) >= 11 is 0. The van der Waals surface area contributed by atoms with Crippen molar-refractivity contribution in [3.8, 4) is 0 Å². The van der Waals surface area contributed by atoms with Crippen LogP contribution in [0, 0.1) is 5.92 Å². The fourth-order valence-corrected chi connectivity index (χ4v) is 2.92. The van der Waals surface area contributed by atoms with Crippen molar-refractivity contribution in [2.75, 3.05) is 6.61 Å². The molecule has 0 amide bonds. The van der Waals surface area contributed by atoms with E-state index in [1.165, 1.54) is 0 Å². The van der Waals surface area contributed by atoms with Crippen LogP contribution < -0.4 is 0 Å². The average Bonchev–Trinajstić information content (AvgIpc) is 2.59. The Morgan fingerprint density at radius 1 is 1.53 bits per heavy atom. The van der Waals surface area contributed by atoms with Crippen LogP contribution >= 0.6 is 0 Å². The third-order valence-electron chi connectivity index (χ3n) is 3.84. The maximum absolute atomic E-state index is 11.6. The van der Waals surface area contributed by atoms with E-state index >= 15 is 0 Å². The first kappa shape index (κ1) is 14.4. The molecule has 98 valence electrons. The summed E-state index contributed by atoms with van der Waals surface area (Å²) in [5.74, 6) is -0.310. The van der Waals surface area contributed by atoms with Crippen LogP contribution in [-0.4, -0.2) is 27.0 Å².